The van der Waals surface area contributed by atoms with Gasteiger partial charge in [0.05, 0.1) is 28.8 Å². The lowest BCUT2D eigenvalue weighted by molar-refractivity contribution is 0.189. The van der Waals surface area contributed by atoms with Crippen LogP contribution in [-0.4, -0.2) is 60.7 Å². The third-order valence-corrected chi connectivity index (χ3v) is 6.94. The molecule has 10 heteroatoms. The van der Waals surface area contributed by atoms with Crippen LogP contribution in [0.4, 0.5) is 0 Å². The first-order valence-corrected chi connectivity index (χ1v) is 13.3. The van der Waals surface area contributed by atoms with Crippen LogP contribution in [0.5, 0.6) is 5.75 Å². The lowest BCUT2D eigenvalue weighted by atomic mass is 10.1. The third kappa shape index (κ3) is 5.64. The van der Waals surface area contributed by atoms with Crippen LogP contribution in [0.2, 0.25) is 0 Å². The molecule has 0 amide bonds. The highest BCUT2D eigenvalue weighted by Crippen LogP contribution is 2.22. The quantitative estimate of drug-likeness (QED) is 0.269. The van der Waals surface area contributed by atoms with Gasteiger partial charge in [-0.2, -0.15) is 0 Å². The van der Waals surface area contributed by atoms with Crippen molar-refractivity contribution in [3.63, 3.8) is 0 Å². The van der Waals surface area contributed by atoms with Gasteiger partial charge in [0.1, 0.15) is 12.4 Å². The average molecular weight is 548 g/mol. The molecule has 0 bridgehead atoms. The molecule has 0 aliphatic rings. The van der Waals surface area contributed by atoms with E-state index in [0.717, 1.165) is 46.1 Å². The van der Waals surface area contributed by atoms with Crippen molar-refractivity contribution in [3.8, 4) is 17.1 Å². The molecule has 6 rings (SSSR count). The molecule has 1 N–H and O–H groups in total. The van der Waals surface area contributed by atoms with Crippen LogP contribution in [0.15, 0.2) is 89.7 Å². The van der Waals surface area contributed by atoms with E-state index in [0.29, 0.717) is 29.1 Å². The Labute approximate surface area is 236 Å². The maximum atomic E-state index is 13.1. The molecule has 0 atom stereocenters. The zero-order chi connectivity index (χ0) is 28.3. The summed E-state index contributed by atoms with van der Waals surface area (Å²) in [6, 6.07) is 27.0. The zero-order valence-electron chi connectivity index (χ0n) is 22.8. The number of likely N-dealkylation sites (N-methyl/N-ethyl adjacent to an activating group) is 1. The van der Waals surface area contributed by atoms with E-state index in [9.17, 15) is 10.0 Å². The van der Waals surface area contributed by atoms with Crippen molar-refractivity contribution in [1.82, 2.24) is 34.8 Å². The van der Waals surface area contributed by atoms with E-state index >= 15 is 0 Å². The summed E-state index contributed by atoms with van der Waals surface area (Å²) >= 11 is 0. The first-order valence-electron chi connectivity index (χ1n) is 13.3. The molecule has 0 fully saturated rings. The highest BCUT2D eigenvalue weighted by Gasteiger charge is 2.18. The number of nitrogens with zero attached hydrogens (tertiary/aromatic N) is 7. The first-order chi connectivity index (χ1) is 19.9. The van der Waals surface area contributed by atoms with Crippen molar-refractivity contribution in [1.29, 1.82) is 0 Å². The van der Waals surface area contributed by atoms with E-state index in [2.05, 4.69) is 25.4 Å². The minimum atomic E-state index is -0.588. The third-order valence-electron chi connectivity index (χ3n) is 6.94. The number of rotatable bonds is 9. The van der Waals surface area contributed by atoms with Crippen LogP contribution in [0.25, 0.3) is 33.2 Å². The van der Waals surface area contributed by atoms with E-state index in [1.54, 1.807) is 16.8 Å². The van der Waals surface area contributed by atoms with Gasteiger partial charge in [0.25, 0.3) is 5.56 Å². The number of fused-ring (bicyclic) bond motifs is 2. The number of hydrogen-bond acceptors (Lipinski definition) is 8. The predicted octanol–water partition coefficient (Wildman–Crippen LogP) is 4.17. The number of para-hydroxylation sites is 1. The number of tetrazole rings is 1. The summed E-state index contributed by atoms with van der Waals surface area (Å²) in [7, 11) is 4.04. The average Bonchev–Trinajstić information content (AvgIpc) is 3.44. The van der Waals surface area contributed by atoms with Gasteiger partial charge in [-0.15, -0.1) is 9.83 Å². The second kappa shape index (κ2) is 11.2. The van der Waals surface area contributed by atoms with Gasteiger partial charge in [-0.1, -0.05) is 42.5 Å². The van der Waals surface area contributed by atoms with E-state index in [4.69, 9.17) is 4.74 Å². The van der Waals surface area contributed by atoms with Crippen molar-refractivity contribution in [2.45, 2.75) is 19.6 Å². The molecule has 41 heavy (non-hydrogen) atoms. The Morgan fingerprint density at radius 2 is 1.78 bits per heavy atom. The second-order valence-corrected chi connectivity index (χ2v) is 10.2. The van der Waals surface area contributed by atoms with E-state index in [-0.39, 0.29) is 11.4 Å². The molecule has 0 radical (unpaired) electrons. The Morgan fingerprint density at radius 1 is 0.902 bits per heavy atom. The monoisotopic (exact) mass is 547 g/mol. The summed E-state index contributed by atoms with van der Waals surface area (Å²) in [6.45, 7) is 1.52. The van der Waals surface area contributed by atoms with Crippen molar-refractivity contribution in [2.75, 3.05) is 20.6 Å². The zero-order valence-corrected chi connectivity index (χ0v) is 22.8. The molecule has 0 spiro atoms. The minimum absolute atomic E-state index is 0.213. The molecule has 0 aliphatic heterocycles. The summed E-state index contributed by atoms with van der Waals surface area (Å²) in [4.78, 5) is 19.9. The van der Waals surface area contributed by atoms with Crippen LogP contribution in [0, 0.1) is 0 Å². The van der Waals surface area contributed by atoms with Crippen LogP contribution in [-0.2, 0) is 19.6 Å². The molecular weight excluding hydrogens is 518 g/mol. The number of aromatic nitrogens is 6. The van der Waals surface area contributed by atoms with Gasteiger partial charge in [0.2, 0.25) is 0 Å². The lowest BCUT2D eigenvalue weighted by Gasteiger charge is -2.12. The smallest absolute Gasteiger partial charge is 0.294 e. The van der Waals surface area contributed by atoms with Gasteiger partial charge in [0.15, 0.2) is 5.82 Å². The van der Waals surface area contributed by atoms with Crippen molar-refractivity contribution >= 4 is 21.8 Å². The Morgan fingerprint density at radius 3 is 2.66 bits per heavy atom. The first kappa shape index (κ1) is 26.1. The summed E-state index contributed by atoms with van der Waals surface area (Å²) in [5.74, 6) is 0.950. The molecule has 206 valence electrons. The van der Waals surface area contributed by atoms with Crippen molar-refractivity contribution in [2.24, 2.45) is 0 Å². The molecule has 0 unspecified atom stereocenters. The van der Waals surface area contributed by atoms with Crippen molar-refractivity contribution < 1.29 is 9.94 Å². The van der Waals surface area contributed by atoms with Gasteiger partial charge in [-0.05, 0) is 84.5 Å². The molecule has 0 saturated heterocycles. The number of hydrogen-bond donors (Lipinski definition) is 1. The van der Waals surface area contributed by atoms with E-state index < -0.39 is 5.56 Å². The van der Waals surface area contributed by atoms with E-state index in [1.807, 2.05) is 86.9 Å². The topological polar surface area (TPSA) is 111 Å². The number of pyridine rings is 2. The highest BCUT2D eigenvalue weighted by molar-refractivity contribution is 5.83. The lowest BCUT2D eigenvalue weighted by Crippen LogP contribution is -2.21. The van der Waals surface area contributed by atoms with Gasteiger partial charge in [-0.3, -0.25) is 4.79 Å². The summed E-state index contributed by atoms with van der Waals surface area (Å²) in [6.07, 6.45) is 0.843. The Balaban J connectivity index is 1.23. The molecular formula is C31H29N7O3. The molecule has 6 aromatic rings. The van der Waals surface area contributed by atoms with Gasteiger partial charge < -0.3 is 14.8 Å². The predicted molar refractivity (Wildman–Crippen MR) is 156 cm³/mol. The Hall–Kier alpha value is -5.09. The number of ether oxygens (including phenoxy) is 1. The standard InChI is InChI=1S/C31H29N7O3/c1-36(2)15-14-21-10-13-29-24(16-21)18-27(31(39)38(29)40)30-33-34-35-37(30)19-22-6-5-8-26(17-22)41-20-25-12-11-23-7-3-4-9-28(23)32-25/h3-13,16-18,40H,14-15,19-20H2,1-2H3. The maximum absolute atomic E-state index is 13.1. The van der Waals surface area contributed by atoms with E-state index in [1.165, 1.54) is 0 Å². The summed E-state index contributed by atoms with van der Waals surface area (Å²) in [5.41, 5.74) is 3.80. The summed E-state index contributed by atoms with van der Waals surface area (Å²) in [5, 5.41) is 24.6. The van der Waals surface area contributed by atoms with Crippen LogP contribution < -0.4 is 10.3 Å². The minimum Gasteiger partial charge on any atom is -0.487 e. The Kier molecular flexibility index (Phi) is 7.13. The molecule has 0 aliphatic carbocycles. The van der Waals surface area contributed by atoms with Crippen molar-refractivity contribution in [3.05, 3.63) is 112 Å². The normalized spacial score (nSPS) is 11.5. The van der Waals surface area contributed by atoms with Crippen LogP contribution >= 0.6 is 0 Å². The van der Waals surface area contributed by atoms with Crippen LogP contribution in [0.3, 0.4) is 0 Å². The number of benzene rings is 3. The largest absolute Gasteiger partial charge is 0.487 e. The highest BCUT2D eigenvalue weighted by atomic mass is 16.5. The second-order valence-electron chi connectivity index (χ2n) is 10.2. The maximum Gasteiger partial charge on any atom is 0.294 e. The fourth-order valence-electron chi connectivity index (χ4n) is 4.78. The van der Waals surface area contributed by atoms with Gasteiger partial charge in [-0.25, -0.2) is 9.67 Å². The summed E-state index contributed by atoms with van der Waals surface area (Å²) < 4.78 is 8.24. The molecule has 3 heterocycles. The Bertz CT molecular complexity index is 1910. The molecule has 0 saturated carbocycles. The van der Waals surface area contributed by atoms with Gasteiger partial charge in [0, 0.05) is 17.3 Å². The molecule has 10 nitrogen and oxygen atoms in total. The van der Waals surface area contributed by atoms with Gasteiger partial charge >= 0.3 is 0 Å². The molecule has 3 aromatic carbocycles. The SMILES string of the molecule is CN(C)CCc1ccc2c(c1)cc(-c1nnnn1Cc1cccc(OCc3ccc4ccccc4n3)c1)c(=O)n2O. The molecule has 3 aromatic heterocycles. The van der Waals surface area contributed by atoms with Crippen LogP contribution in [0.1, 0.15) is 16.8 Å². The fraction of sp³-hybridized carbons (Fsp3) is 0.194. The fourth-order valence-corrected chi connectivity index (χ4v) is 4.78.